The first kappa shape index (κ1) is 12.2. The fourth-order valence-corrected chi connectivity index (χ4v) is 3.31. The lowest BCUT2D eigenvalue weighted by Gasteiger charge is -2.00. The Balaban J connectivity index is 2.12. The Labute approximate surface area is 116 Å². The number of aromatic amines is 1. The quantitative estimate of drug-likeness (QED) is 0.705. The van der Waals surface area contributed by atoms with Gasteiger partial charge in [-0.2, -0.15) is 0 Å². The van der Waals surface area contributed by atoms with Crippen LogP contribution in [-0.2, 0) is 6.42 Å². The maximum Gasteiger partial charge on any atom is 0.205 e. The van der Waals surface area contributed by atoms with Crippen LogP contribution in [0, 0.1) is 6.92 Å². The average molecular weight is 269 g/mol. The predicted molar refractivity (Wildman–Crippen MR) is 80.2 cm³/mol. The van der Waals surface area contributed by atoms with E-state index in [0.29, 0.717) is 0 Å². The third-order valence-corrected chi connectivity index (χ3v) is 4.37. The van der Waals surface area contributed by atoms with E-state index in [-0.39, 0.29) is 5.78 Å². The molecule has 19 heavy (non-hydrogen) atoms. The van der Waals surface area contributed by atoms with Gasteiger partial charge in [0.15, 0.2) is 0 Å². The van der Waals surface area contributed by atoms with Gasteiger partial charge >= 0.3 is 0 Å². The highest BCUT2D eigenvalue weighted by Gasteiger charge is 2.17. The number of rotatable bonds is 3. The summed E-state index contributed by atoms with van der Waals surface area (Å²) in [5.74, 6) is 0.127. The number of H-pyrrole nitrogens is 1. The van der Waals surface area contributed by atoms with Crippen molar-refractivity contribution in [1.82, 2.24) is 4.98 Å². The van der Waals surface area contributed by atoms with Gasteiger partial charge in [-0.15, -0.1) is 11.3 Å². The highest BCUT2D eigenvalue weighted by molar-refractivity contribution is 7.12. The monoisotopic (exact) mass is 269 g/mol. The molecule has 0 fully saturated rings. The molecule has 0 saturated carbocycles. The molecule has 0 spiro atoms. The number of hydrogen-bond acceptors (Lipinski definition) is 2. The van der Waals surface area contributed by atoms with E-state index in [4.69, 9.17) is 0 Å². The zero-order valence-electron chi connectivity index (χ0n) is 11.0. The van der Waals surface area contributed by atoms with Gasteiger partial charge in [0.25, 0.3) is 0 Å². The molecule has 2 nitrogen and oxygen atoms in total. The standard InChI is InChI=1S/C16H15NOS/c1-3-11-6-7-19-16(11)15(18)13-9-17-14-8-10(2)4-5-12(13)14/h4-9,17H,3H2,1-2H3. The summed E-state index contributed by atoms with van der Waals surface area (Å²) in [6.07, 6.45) is 2.72. The highest BCUT2D eigenvalue weighted by Crippen LogP contribution is 2.26. The molecule has 0 radical (unpaired) electrons. The molecule has 0 saturated heterocycles. The first-order valence-corrected chi connectivity index (χ1v) is 7.27. The van der Waals surface area contributed by atoms with E-state index >= 15 is 0 Å². The van der Waals surface area contributed by atoms with Crippen LogP contribution in [0.3, 0.4) is 0 Å². The summed E-state index contributed by atoms with van der Waals surface area (Å²) >= 11 is 1.53. The number of ketones is 1. The largest absolute Gasteiger partial charge is 0.360 e. The number of hydrogen-bond donors (Lipinski definition) is 1. The van der Waals surface area contributed by atoms with Crippen LogP contribution < -0.4 is 0 Å². The van der Waals surface area contributed by atoms with Gasteiger partial charge in [0.1, 0.15) is 0 Å². The van der Waals surface area contributed by atoms with Gasteiger partial charge in [0, 0.05) is 22.7 Å². The molecule has 2 aromatic heterocycles. The summed E-state index contributed by atoms with van der Waals surface area (Å²) in [6, 6.07) is 8.17. The first-order chi connectivity index (χ1) is 9.20. The summed E-state index contributed by atoms with van der Waals surface area (Å²) in [5, 5.41) is 3.00. The van der Waals surface area contributed by atoms with E-state index in [1.54, 1.807) is 0 Å². The number of nitrogens with one attached hydrogen (secondary N) is 1. The molecule has 3 heteroatoms. The van der Waals surface area contributed by atoms with Gasteiger partial charge in [-0.25, -0.2) is 0 Å². The summed E-state index contributed by atoms with van der Waals surface area (Å²) in [6.45, 7) is 4.13. The number of aromatic nitrogens is 1. The molecule has 1 N–H and O–H groups in total. The summed E-state index contributed by atoms with van der Waals surface area (Å²) in [7, 11) is 0. The summed E-state index contributed by atoms with van der Waals surface area (Å²) in [5.41, 5.74) is 4.13. The lowest BCUT2D eigenvalue weighted by Crippen LogP contribution is -2.00. The van der Waals surface area contributed by atoms with Crippen molar-refractivity contribution in [2.24, 2.45) is 0 Å². The summed E-state index contributed by atoms with van der Waals surface area (Å²) < 4.78 is 0. The second kappa shape index (κ2) is 4.67. The first-order valence-electron chi connectivity index (χ1n) is 6.39. The van der Waals surface area contributed by atoms with Crippen molar-refractivity contribution in [1.29, 1.82) is 0 Å². The zero-order valence-corrected chi connectivity index (χ0v) is 11.8. The van der Waals surface area contributed by atoms with Crippen LogP contribution in [0.15, 0.2) is 35.8 Å². The Morgan fingerprint density at radius 3 is 2.95 bits per heavy atom. The smallest absolute Gasteiger partial charge is 0.205 e. The van der Waals surface area contributed by atoms with Crippen LogP contribution in [0.25, 0.3) is 10.9 Å². The van der Waals surface area contributed by atoms with Gasteiger partial charge in [-0.1, -0.05) is 19.1 Å². The second-order valence-electron chi connectivity index (χ2n) is 4.71. The van der Waals surface area contributed by atoms with Crippen molar-refractivity contribution in [3.8, 4) is 0 Å². The number of thiophene rings is 1. The molecule has 0 atom stereocenters. The molecule has 2 heterocycles. The third-order valence-electron chi connectivity index (χ3n) is 3.42. The highest BCUT2D eigenvalue weighted by atomic mass is 32.1. The maximum absolute atomic E-state index is 12.6. The van der Waals surface area contributed by atoms with Crippen LogP contribution in [-0.4, -0.2) is 10.8 Å². The van der Waals surface area contributed by atoms with Crippen LogP contribution >= 0.6 is 11.3 Å². The number of aryl methyl sites for hydroxylation is 2. The molecule has 3 rings (SSSR count). The van der Waals surface area contributed by atoms with Crippen LogP contribution in [0.4, 0.5) is 0 Å². The molecule has 3 aromatic rings. The van der Waals surface area contributed by atoms with Gasteiger partial charge in [-0.3, -0.25) is 4.79 Å². The maximum atomic E-state index is 12.6. The molecule has 0 aliphatic rings. The lowest BCUT2D eigenvalue weighted by molar-refractivity contribution is 0.104. The molecule has 0 amide bonds. The number of carbonyl (C=O) groups excluding carboxylic acids is 1. The van der Waals surface area contributed by atoms with E-state index in [2.05, 4.69) is 24.9 Å². The Morgan fingerprint density at radius 2 is 2.16 bits per heavy atom. The van der Waals surface area contributed by atoms with Gasteiger partial charge in [-0.05, 0) is 42.0 Å². The van der Waals surface area contributed by atoms with Crippen molar-refractivity contribution in [3.63, 3.8) is 0 Å². The van der Waals surface area contributed by atoms with E-state index in [1.165, 1.54) is 16.9 Å². The van der Waals surface area contributed by atoms with E-state index in [1.807, 2.05) is 29.8 Å². The molecular weight excluding hydrogens is 254 g/mol. The lowest BCUT2D eigenvalue weighted by atomic mass is 10.0. The minimum absolute atomic E-state index is 0.127. The molecule has 0 bridgehead atoms. The summed E-state index contributed by atoms with van der Waals surface area (Å²) in [4.78, 5) is 16.7. The predicted octanol–water partition coefficient (Wildman–Crippen LogP) is 4.33. The van der Waals surface area contributed by atoms with Crippen LogP contribution in [0.2, 0.25) is 0 Å². The zero-order chi connectivity index (χ0) is 13.4. The minimum atomic E-state index is 0.127. The normalized spacial score (nSPS) is 11.1. The fraction of sp³-hybridized carbons (Fsp3) is 0.188. The van der Waals surface area contributed by atoms with Crippen molar-refractivity contribution in [3.05, 3.63) is 57.4 Å². The Kier molecular flexibility index (Phi) is 2.99. The third kappa shape index (κ3) is 2.00. The fourth-order valence-electron chi connectivity index (χ4n) is 2.36. The van der Waals surface area contributed by atoms with Crippen LogP contribution in [0.5, 0.6) is 0 Å². The van der Waals surface area contributed by atoms with Gasteiger partial charge in [0.05, 0.1) is 4.88 Å². The number of benzene rings is 1. The van der Waals surface area contributed by atoms with Gasteiger partial charge in [0.2, 0.25) is 5.78 Å². The molecule has 96 valence electrons. The Hall–Kier alpha value is -1.87. The molecule has 0 aliphatic heterocycles. The molecular formula is C16H15NOS. The SMILES string of the molecule is CCc1ccsc1C(=O)c1c[nH]c2cc(C)ccc12. The minimum Gasteiger partial charge on any atom is -0.360 e. The Bertz CT molecular complexity index is 751. The van der Waals surface area contributed by atoms with Crippen molar-refractivity contribution in [2.75, 3.05) is 0 Å². The van der Waals surface area contributed by atoms with E-state index in [9.17, 15) is 4.79 Å². The van der Waals surface area contributed by atoms with Crippen molar-refractivity contribution in [2.45, 2.75) is 20.3 Å². The van der Waals surface area contributed by atoms with Crippen molar-refractivity contribution >= 4 is 28.0 Å². The average Bonchev–Trinajstić information content (AvgIpc) is 3.03. The number of carbonyl (C=O) groups is 1. The second-order valence-corrected chi connectivity index (χ2v) is 5.63. The molecule has 1 aromatic carbocycles. The molecule has 0 unspecified atom stereocenters. The topological polar surface area (TPSA) is 32.9 Å². The van der Waals surface area contributed by atoms with E-state index < -0.39 is 0 Å². The van der Waals surface area contributed by atoms with Crippen molar-refractivity contribution < 1.29 is 4.79 Å². The number of fused-ring (bicyclic) bond motifs is 1. The van der Waals surface area contributed by atoms with Gasteiger partial charge < -0.3 is 4.98 Å². The Morgan fingerprint density at radius 1 is 1.32 bits per heavy atom. The molecule has 0 aliphatic carbocycles. The van der Waals surface area contributed by atoms with Crippen LogP contribution in [0.1, 0.15) is 33.3 Å². The van der Waals surface area contributed by atoms with E-state index in [0.717, 1.165) is 33.3 Å².